The van der Waals surface area contributed by atoms with Crippen LogP contribution in [0.25, 0.3) is 21.0 Å². The van der Waals surface area contributed by atoms with E-state index in [0.717, 1.165) is 20.8 Å². The first-order valence-corrected chi connectivity index (χ1v) is 11.4. The smallest absolute Gasteiger partial charge is 0.267 e. The topological polar surface area (TPSA) is 45.6 Å². The molecule has 5 aromatic rings. The Morgan fingerprint density at radius 3 is 2.56 bits per heavy atom. The molecule has 0 radical (unpaired) electrons. The van der Waals surface area contributed by atoms with Crippen molar-refractivity contribution in [2.45, 2.75) is 0 Å². The van der Waals surface area contributed by atoms with E-state index in [1.807, 2.05) is 60.7 Å². The van der Waals surface area contributed by atoms with E-state index >= 15 is 0 Å². The summed E-state index contributed by atoms with van der Waals surface area (Å²) >= 11 is 4.63. The largest absolute Gasteiger partial charge is 0.280 e. The van der Waals surface area contributed by atoms with Crippen LogP contribution in [0.3, 0.4) is 0 Å². The molecule has 0 spiro atoms. The summed E-state index contributed by atoms with van der Waals surface area (Å²) < 4.78 is 15.3. The zero-order valence-electron chi connectivity index (χ0n) is 16.6. The molecule has 4 nitrogen and oxygen atoms in total. The molecule has 156 valence electrons. The third-order valence-corrected chi connectivity index (χ3v) is 6.42. The molecule has 1 amide bonds. The molecule has 0 N–H and O–H groups in total. The van der Waals surface area contributed by atoms with Crippen molar-refractivity contribution >= 4 is 65.5 Å². The number of hydrogen-bond acceptors (Lipinski definition) is 4. The van der Waals surface area contributed by atoms with E-state index < -0.39 is 0 Å². The van der Waals surface area contributed by atoms with Crippen LogP contribution in [0.15, 0.2) is 94.5 Å². The van der Waals surface area contributed by atoms with E-state index in [2.05, 4.69) is 26.0 Å². The first kappa shape index (κ1) is 20.5. The molecule has 4 aromatic carbocycles. The van der Waals surface area contributed by atoms with Crippen LogP contribution >= 0.6 is 27.3 Å². The molecular formula is C25H15BrFN3OS. The average molecular weight is 504 g/mol. The number of hydrazone groups is 1. The third-order valence-electron chi connectivity index (χ3n) is 4.90. The Kier molecular flexibility index (Phi) is 5.51. The summed E-state index contributed by atoms with van der Waals surface area (Å²) in [7, 11) is 0. The van der Waals surface area contributed by atoms with Gasteiger partial charge in [0.25, 0.3) is 5.91 Å². The van der Waals surface area contributed by atoms with Gasteiger partial charge < -0.3 is 0 Å². The SMILES string of the molecule is O=C(c1ccc2ccccc2c1)N(/N=C/c1ccc(Br)cc1)c1nc2ccc(F)cc2s1. The van der Waals surface area contributed by atoms with Crippen molar-refractivity contribution in [3.63, 3.8) is 0 Å². The molecule has 0 fully saturated rings. The molecule has 0 atom stereocenters. The number of hydrogen-bond donors (Lipinski definition) is 0. The molecule has 0 unspecified atom stereocenters. The molecule has 0 saturated carbocycles. The van der Waals surface area contributed by atoms with Gasteiger partial charge in [-0.2, -0.15) is 10.1 Å². The highest BCUT2D eigenvalue weighted by atomic mass is 79.9. The Bertz CT molecular complexity index is 1480. The third kappa shape index (κ3) is 4.17. The van der Waals surface area contributed by atoms with Gasteiger partial charge in [-0.3, -0.25) is 4.79 Å². The highest BCUT2D eigenvalue weighted by molar-refractivity contribution is 9.10. The van der Waals surface area contributed by atoms with Gasteiger partial charge in [0, 0.05) is 10.0 Å². The number of amides is 1. The summed E-state index contributed by atoms with van der Waals surface area (Å²) in [5.41, 5.74) is 1.93. The van der Waals surface area contributed by atoms with Crippen LogP contribution in [0.5, 0.6) is 0 Å². The molecule has 0 saturated heterocycles. The van der Waals surface area contributed by atoms with E-state index in [4.69, 9.17) is 0 Å². The zero-order valence-corrected chi connectivity index (χ0v) is 19.0. The Balaban J connectivity index is 1.58. The monoisotopic (exact) mass is 503 g/mol. The zero-order chi connectivity index (χ0) is 22.1. The van der Waals surface area contributed by atoms with Gasteiger partial charge in [0.05, 0.1) is 16.4 Å². The highest BCUT2D eigenvalue weighted by Crippen LogP contribution is 2.31. The van der Waals surface area contributed by atoms with Gasteiger partial charge in [-0.25, -0.2) is 9.37 Å². The van der Waals surface area contributed by atoms with Crippen molar-refractivity contribution in [3.8, 4) is 0 Å². The second kappa shape index (κ2) is 8.61. The van der Waals surface area contributed by atoms with Gasteiger partial charge in [0.15, 0.2) is 0 Å². The predicted octanol–water partition coefficient (Wildman–Crippen LogP) is 7.03. The van der Waals surface area contributed by atoms with E-state index in [0.29, 0.717) is 20.9 Å². The number of rotatable bonds is 4. The van der Waals surface area contributed by atoms with Crippen molar-refractivity contribution < 1.29 is 9.18 Å². The van der Waals surface area contributed by atoms with Crippen molar-refractivity contribution in [1.82, 2.24) is 4.98 Å². The minimum absolute atomic E-state index is 0.316. The molecule has 0 aliphatic carbocycles. The molecule has 32 heavy (non-hydrogen) atoms. The number of fused-ring (bicyclic) bond motifs is 2. The fourth-order valence-corrected chi connectivity index (χ4v) is 4.49. The number of anilines is 1. The van der Waals surface area contributed by atoms with Gasteiger partial charge in [-0.05, 0) is 58.8 Å². The lowest BCUT2D eigenvalue weighted by Crippen LogP contribution is -2.25. The van der Waals surface area contributed by atoms with Gasteiger partial charge in [-0.15, -0.1) is 0 Å². The van der Waals surface area contributed by atoms with Gasteiger partial charge in [-0.1, -0.05) is 69.7 Å². The Labute approximate surface area is 195 Å². The normalized spacial score (nSPS) is 11.4. The number of nitrogens with zero attached hydrogens (tertiary/aromatic N) is 3. The summed E-state index contributed by atoms with van der Waals surface area (Å²) in [6, 6.07) is 25.3. The van der Waals surface area contributed by atoms with E-state index in [-0.39, 0.29) is 11.7 Å². The van der Waals surface area contributed by atoms with Crippen LogP contribution in [0, 0.1) is 5.82 Å². The number of halogens is 2. The molecule has 1 heterocycles. The second-order valence-corrected chi connectivity index (χ2v) is 9.01. The van der Waals surface area contributed by atoms with E-state index in [1.54, 1.807) is 18.3 Å². The van der Waals surface area contributed by atoms with Gasteiger partial charge in [0.1, 0.15) is 5.82 Å². The summed E-state index contributed by atoms with van der Waals surface area (Å²) in [5, 5.41) is 8.12. The standard InChI is InChI=1S/C25H15BrFN3OS/c26-20-9-5-16(6-10-20)15-28-30(25-29-22-12-11-21(27)14-23(22)32-25)24(31)19-8-7-17-3-1-2-4-18(17)13-19/h1-15H/b28-15+. The maximum Gasteiger partial charge on any atom is 0.280 e. The molecule has 1 aromatic heterocycles. The number of benzene rings is 4. The molecule has 7 heteroatoms. The van der Waals surface area contributed by atoms with Crippen LogP contribution < -0.4 is 5.01 Å². The number of carbonyl (C=O) groups is 1. The van der Waals surface area contributed by atoms with Crippen LogP contribution in [0.1, 0.15) is 15.9 Å². The fraction of sp³-hybridized carbons (Fsp3) is 0. The Hall–Kier alpha value is -3.42. The maximum atomic E-state index is 13.7. The van der Waals surface area contributed by atoms with Crippen molar-refractivity contribution in [2.75, 3.05) is 5.01 Å². The lowest BCUT2D eigenvalue weighted by atomic mass is 10.1. The summed E-state index contributed by atoms with van der Waals surface area (Å²) in [4.78, 5) is 18.0. The molecule has 0 bridgehead atoms. The van der Waals surface area contributed by atoms with Crippen molar-refractivity contribution in [2.24, 2.45) is 5.10 Å². The quantitative estimate of drug-likeness (QED) is 0.195. The number of thiazole rings is 1. The van der Waals surface area contributed by atoms with Crippen LogP contribution in [-0.2, 0) is 0 Å². The number of aromatic nitrogens is 1. The number of carbonyl (C=O) groups excluding carboxylic acids is 1. The average Bonchev–Trinajstić information content (AvgIpc) is 3.22. The molecule has 0 aliphatic heterocycles. The summed E-state index contributed by atoms with van der Waals surface area (Å²) in [5.74, 6) is -0.665. The van der Waals surface area contributed by atoms with E-state index in [9.17, 15) is 9.18 Å². The minimum atomic E-state index is -0.349. The molecule has 0 aliphatic rings. The highest BCUT2D eigenvalue weighted by Gasteiger charge is 2.21. The molecular weight excluding hydrogens is 489 g/mol. The summed E-state index contributed by atoms with van der Waals surface area (Å²) in [6.45, 7) is 0. The maximum absolute atomic E-state index is 13.7. The summed E-state index contributed by atoms with van der Waals surface area (Å²) in [6.07, 6.45) is 1.61. The van der Waals surface area contributed by atoms with E-state index in [1.165, 1.54) is 28.5 Å². The lowest BCUT2D eigenvalue weighted by Gasteiger charge is -2.14. The van der Waals surface area contributed by atoms with Gasteiger partial charge >= 0.3 is 0 Å². The van der Waals surface area contributed by atoms with Crippen LogP contribution in [-0.4, -0.2) is 17.1 Å². The predicted molar refractivity (Wildman–Crippen MR) is 132 cm³/mol. The first-order chi connectivity index (χ1) is 15.6. The second-order valence-electron chi connectivity index (χ2n) is 7.08. The lowest BCUT2D eigenvalue weighted by molar-refractivity contribution is 0.0988. The molecule has 5 rings (SSSR count). The van der Waals surface area contributed by atoms with Crippen LogP contribution in [0.4, 0.5) is 9.52 Å². The Morgan fingerprint density at radius 1 is 0.969 bits per heavy atom. The Morgan fingerprint density at radius 2 is 1.75 bits per heavy atom. The van der Waals surface area contributed by atoms with Gasteiger partial charge in [0.2, 0.25) is 5.13 Å². The fourth-order valence-electron chi connectivity index (χ4n) is 3.28. The van der Waals surface area contributed by atoms with Crippen molar-refractivity contribution in [3.05, 3.63) is 106 Å². The minimum Gasteiger partial charge on any atom is -0.267 e. The first-order valence-electron chi connectivity index (χ1n) is 9.76. The van der Waals surface area contributed by atoms with Crippen molar-refractivity contribution in [1.29, 1.82) is 0 Å². The van der Waals surface area contributed by atoms with Crippen LogP contribution in [0.2, 0.25) is 0 Å².